The van der Waals surface area contributed by atoms with E-state index in [1.54, 1.807) is 0 Å². The lowest BCUT2D eigenvalue weighted by Gasteiger charge is -2.14. The van der Waals surface area contributed by atoms with Crippen LogP contribution in [0.3, 0.4) is 0 Å². The van der Waals surface area contributed by atoms with E-state index < -0.39 is 0 Å². The molecule has 0 saturated carbocycles. The fourth-order valence-corrected chi connectivity index (χ4v) is 2.67. The molecule has 20 heavy (non-hydrogen) atoms. The van der Waals surface area contributed by atoms with Crippen LogP contribution in [0.15, 0.2) is 28.7 Å². The third-order valence-corrected chi connectivity index (χ3v) is 4.37. The van der Waals surface area contributed by atoms with Crippen LogP contribution < -0.4 is 5.32 Å². The van der Waals surface area contributed by atoms with Crippen molar-refractivity contribution in [3.05, 3.63) is 51.5 Å². The Labute approximate surface area is 127 Å². The molecule has 0 bridgehead atoms. The van der Waals surface area contributed by atoms with E-state index in [1.165, 1.54) is 12.1 Å². The molecule has 0 aliphatic heterocycles. The first-order chi connectivity index (χ1) is 9.47. The zero-order valence-corrected chi connectivity index (χ0v) is 13.5. The molecule has 5 heteroatoms. The predicted molar refractivity (Wildman–Crippen MR) is 82.1 cm³/mol. The standard InChI is InChI=1S/C15H19BrFN3/c1-10(8-12-4-6-13(17)7-5-12)18-9-14-15(16)11(2)19-20(14)3/h4-7,10,18H,8-9H2,1-3H3. The van der Waals surface area contributed by atoms with Crippen LogP contribution in [0.5, 0.6) is 0 Å². The Balaban J connectivity index is 1.92. The number of aryl methyl sites for hydroxylation is 2. The summed E-state index contributed by atoms with van der Waals surface area (Å²) in [6, 6.07) is 6.98. The van der Waals surface area contributed by atoms with Crippen LogP contribution in [-0.4, -0.2) is 15.8 Å². The second-order valence-corrected chi connectivity index (χ2v) is 5.88. The van der Waals surface area contributed by atoms with Crippen LogP contribution in [0.2, 0.25) is 0 Å². The van der Waals surface area contributed by atoms with E-state index in [4.69, 9.17) is 0 Å². The largest absolute Gasteiger partial charge is 0.308 e. The number of benzene rings is 1. The topological polar surface area (TPSA) is 29.9 Å². The third kappa shape index (κ3) is 3.67. The summed E-state index contributed by atoms with van der Waals surface area (Å²) in [6.45, 7) is 4.86. The van der Waals surface area contributed by atoms with Gasteiger partial charge in [0.15, 0.2) is 0 Å². The van der Waals surface area contributed by atoms with Gasteiger partial charge in [0.05, 0.1) is 15.9 Å². The quantitative estimate of drug-likeness (QED) is 0.905. The first-order valence-electron chi connectivity index (χ1n) is 6.63. The molecule has 1 heterocycles. The maximum atomic E-state index is 12.9. The van der Waals surface area contributed by atoms with Crippen molar-refractivity contribution in [2.45, 2.75) is 32.9 Å². The Morgan fingerprint density at radius 2 is 2.00 bits per heavy atom. The summed E-state index contributed by atoms with van der Waals surface area (Å²) in [6.07, 6.45) is 0.870. The average molecular weight is 340 g/mol. The van der Waals surface area contributed by atoms with E-state index in [0.29, 0.717) is 6.04 Å². The summed E-state index contributed by atoms with van der Waals surface area (Å²) in [7, 11) is 1.94. The lowest BCUT2D eigenvalue weighted by molar-refractivity contribution is 0.524. The lowest BCUT2D eigenvalue weighted by atomic mass is 10.1. The van der Waals surface area contributed by atoms with Gasteiger partial charge in [-0.3, -0.25) is 4.68 Å². The molecule has 2 rings (SSSR count). The highest BCUT2D eigenvalue weighted by Gasteiger charge is 2.11. The predicted octanol–water partition coefficient (Wildman–Crippen LogP) is 3.35. The number of nitrogens with zero attached hydrogens (tertiary/aromatic N) is 2. The van der Waals surface area contributed by atoms with Crippen molar-refractivity contribution >= 4 is 15.9 Å². The van der Waals surface area contributed by atoms with Gasteiger partial charge in [-0.25, -0.2) is 4.39 Å². The van der Waals surface area contributed by atoms with Crippen LogP contribution in [0.1, 0.15) is 23.9 Å². The zero-order valence-electron chi connectivity index (χ0n) is 12.0. The molecule has 0 amide bonds. The molecule has 2 aromatic rings. The Bertz CT molecular complexity index is 578. The second-order valence-electron chi connectivity index (χ2n) is 5.08. The van der Waals surface area contributed by atoms with Crippen molar-refractivity contribution < 1.29 is 4.39 Å². The summed E-state index contributed by atoms with van der Waals surface area (Å²) < 4.78 is 15.8. The minimum atomic E-state index is -0.191. The van der Waals surface area contributed by atoms with Gasteiger partial charge in [0.25, 0.3) is 0 Å². The fraction of sp³-hybridized carbons (Fsp3) is 0.400. The third-order valence-electron chi connectivity index (χ3n) is 3.33. The van der Waals surface area contributed by atoms with E-state index in [9.17, 15) is 4.39 Å². The summed E-state index contributed by atoms with van der Waals surface area (Å²) in [5.41, 5.74) is 3.26. The lowest BCUT2D eigenvalue weighted by Crippen LogP contribution is -2.28. The molecule has 0 aliphatic carbocycles. The maximum Gasteiger partial charge on any atom is 0.123 e. The van der Waals surface area contributed by atoms with Gasteiger partial charge in [0, 0.05) is 19.6 Å². The first kappa shape index (κ1) is 15.2. The summed E-state index contributed by atoms with van der Waals surface area (Å²) in [5, 5.41) is 7.84. The molecule has 1 N–H and O–H groups in total. The van der Waals surface area contributed by atoms with Gasteiger partial charge in [0.2, 0.25) is 0 Å². The molecule has 1 aromatic carbocycles. The minimum Gasteiger partial charge on any atom is -0.308 e. The SMILES string of the molecule is Cc1nn(C)c(CNC(C)Cc2ccc(F)cc2)c1Br. The molecule has 0 saturated heterocycles. The molecule has 0 spiro atoms. The molecular weight excluding hydrogens is 321 g/mol. The second kappa shape index (κ2) is 6.50. The van der Waals surface area contributed by atoms with Crippen molar-refractivity contribution in [3.8, 4) is 0 Å². The van der Waals surface area contributed by atoms with Crippen LogP contribution in [0.25, 0.3) is 0 Å². The highest BCUT2D eigenvalue weighted by atomic mass is 79.9. The maximum absolute atomic E-state index is 12.9. The van der Waals surface area contributed by atoms with Gasteiger partial charge >= 0.3 is 0 Å². The highest BCUT2D eigenvalue weighted by Crippen LogP contribution is 2.20. The fourth-order valence-electron chi connectivity index (χ4n) is 2.19. The number of hydrogen-bond acceptors (Lipinski definition) is 2. The van der Waals surface area contributed by atoms with Crippen molar-refractivity contribution in [1.82, 2.24) is 15.1 Å². The number of hydrogen-bond donors (Lipinski definition) is 1. The minimum absolute atomic E-state index is 0.191. The van der Waals surface area contributed by atoms with Gasteiger partial charge in [-0.05, 0) is 53.9 Å². The monoisotopic (exact) mass is 339 g/mol. The Hall–Kier alpha value is -1.20. The molecule has 0 aliphatic rings. The van der Waals surface area contributed by atoms with Crippen molar-refractivity contribution in [2.24, 2.45) is 7.05 Å². The van der Waals surface area contributed by atoms with E-state index in [1.807, 2.05) is 30.8 Å². The molecular formula is C15H19BrFN3. The summed E-state index contributed by atoms with van der Waals surface area (Å²) >= 11 is 3.56. The van der Waals surface area contributed by atoms with Gasteiger partial charge < -0.3 is 5.32 Å². The molecule has 3 nitrogen and oxygen atoms in total. The van der Waals surface area contributed by atoms with E-state index in [0.717, 1.165) is 34.4 Å². The molecule has 1 aromatic heterocycles. The first-order valence-corrected chi connectivity index (χ1v) is 7.42. The Morgan fingerprint density at radius 1 is 1.35 bits per heavy atom. The zero-order chi connectivity index (χ0) is 14.7. The average Bonchev–Trinajstić information content (AvgIpc) is 2.64. The van der Waals surface area contributed by atoms with Crippen LogP contribution in [-0.2, 0) is 20.0 Å². The van der Waals surface area contributed by atoms with Gasteiger partial charge in [-0.1, -0.05) is 12.1 Å². The van der Waals surface area contributed by atoms with Crippen LogP contribution in [0, 0.1) is 12.7 Å². The van der Waals surface area contributed by atoms with E-state index >= 15 is 0 Å². The van der Waals surface area contributed by atoms with Gasteiger partial charge in [0.1, 0.15) is 5.82 Å². The number of nitrogens with one attached hydrogen (secondary N) is 1. The Morgan fingerprint density at radius 3 is 2.55 bits per heavy atom. The summed E-state index contributed by atoms with van der Waals surface area (Å²) in [4.78, 5) is 0. The molecule has 0 fully saturated rings. The van der Waals surface area contributed by atoms with Crippen LogP contribution >= 0.6 is 15.9 Å². The van der Waals surface area contributed by atoms with E-state index in [2.05, 4.69) is 33.3 Å². The molecule has 1 atom stereocenters. The normalized spacial score (nSPS) is 12.7. The van der Waals surface area contributed by atoms with Crippen molar-refractivity contribution in [1.29, 1.82) is 0 Å². The number of aromatic nitrogens is 2. The number of halogens is 2. The van der Waals surface area contributed by atoms with Crippen LogP contribution in [0.4, 0.5) is 4.39 Å². The van der Waals surface area contributed by atoms with Crippen molar-refractivity contribution in [3.63, 3.8) is 0 Å². The summed E-state index contributed by atoms with van der Waals surface area (Å²) in [5.74, 6) is -0.191. The smallest absolute Gasteiger partial charge is 0.123 e. The van der Waals surface area contributed by atoms with E-state index in [-0.39, 0.29) is 5.82 Å². The molecule has 1 unspecified atom stereocenters. The van der Waals surface area contributed by atoms with Crippen molar-refractivity contribution in [2.75, 3.05) is 0 Å². The molecule has 108 valence electrons. The number of rotatable bonds is 5. The van der Waals surface area contributed by atoms with Gasteiger partial charge in [-0.2, -0.15) is 5.10 Å². The highest BCUT2D eigenvalue weighted by molar-refractivity contribution is 9.10. The molecule has 0 radical (unpaired) electrons. The van der Waals surface area contributed by atoms with Gasteiger partial charge in [-0.15, -0.1) is 0 Å². The Kier molecular flexibility index (Phi) is 4.94.